The Morgan fingerprint density at radius 3 is 1.73 bits per heavy atom. The van der Waals surface area contributed by atoms with Crippen LogP contribution in [-0.4, -0.2) is 46.6 Å². The predicted octanol–water partition coefficient (Wildman–Crippen LogP) is 3.22. The van der Waals surface area contributed by atoms with Crippen molar-refractivity contribution in [1.82, 2.24) is 0 Å². The molecule has 22 heavy (non-hydrogen) atoms. The van der Waals surface area contributed by atoms with Crippen molar-refractivity contribution >= 4 is 42.1 Å². The van der Waals surface area contributed by atoms with Crippen LogP contribution in [-0.2, 0) is 0 Å². The molecule has 0 fully saturated rings. The number of halogens is 1. The molecule has 6 heteroatoms. The SMILES string of the molecule is [Cl][In]1[O]c2ccccc2C=NCCN=Cc2ccccc2[O]1. The van der Waals surface area contributed by atoms with Gasteiger partial charge >= 0.3 is 142 Å². The standard InChI is InChI=1S/C16H16N2O2.ClH.In/c19-15-7-3-1-5-13(15)11-17-9-10-18-12-14-6-2-4-8-16(14)20;;/h1-8,11-12,19-20H,9-10H2;1H;/q;;+3/p-3. The summed E-state index contributed by atoms with van der Waals surface area (Å²) in [5, 5.41) is 0. The number of hydrogen-bond donors (Lipinski definition) is 0. The van der Waals surface area contributed by atoms with Crippen LogP contribution in [0.1, 0.15) is 11.1 Å². The minimum absolute atomic E-state index is 0.626. The van der Waals surface area contributed by atoms with Crippen molar-refractivity contribution in [2.75, 3.05) is 13.1 Å². The van der Waals surface area contributed by atoms with Crippen LogP contribution >= 0.6 is 8.58 Å². The van der Waals surface area contributed by atoms with Crippen molar-refractivity contribution in [3.05, 3.63) is 59.7 Å². The van der Waals surface area contributed by atoms with Gasteiger partial charge in [-0.25, -0.2) is 0 Å². The van der Waals surface area contributed by atoms with E-state index >= 15 is 0 Å². The third-order valence-corrected chi connectivity index (χ3v) is 6.80. The van der Waals surface area contributed by atoms with E-state index in [2.05, 4.69) is 9.98 Å². The zero-order valence-corrected chi connectivity index (χ0v) is 15.9. The Balaban J connectivity index is 1.93. The molecule has 2 aromatic rings. The van der Waals surface area contributed by atoms with E-state index in [4.69, 9.17) is 14.3 Å². The second-order valence-corrected chi connectivity index (χ2v) is 9.96. The summed E-state index contributed by atoms with van der Waals surface area (Å²) in [6.07, 6.45) is 3.59. The van der Waals surface area contributed by atoms with E-state index in [1.54, 1.807) is 12.4 Å². The fourth-order valence-electron chi connectivity index (χ4n) is 2.05. The molecule has 1 aliphatic heterocycles. The van der Waals surface area contributed by atoms with Crippen LogP contribution in [0.3, 0.4) is 0 Å². The summed E-state index contributed by atoms with van der Waals surface area (Å²) in [6.45, 7) is 1.25. The van der Waals surface area contributed by atoms with Gasteiger partial charge in [0.05, 0.1) is 0 Å². The number of nitrogens with zero attached hydrogens (tertiary/aromatic N) is 2. The van der Waals surface area contributed by atoms with E-state index in [1.807, 2.05) is 48.5 Å². The van der Waals surface area contributed by atoms with E-state index in [-0.39, 0.29) is 0 Å². The van der Waals surface area contributed by atoms with Crippen LogP contribution < -0.4 is 5.71 Å². The Hall–Kier alpha value is -1.46. The molecule has 1 heterocycles. The normalized spacial score (nSPS) is 14.5. The molecule has 0 amide bonds. The van der Waals surface area contributed by atoms with Crippen LogP contribution in [0.25, 0.3) is 0 Å². The summed E-state index contributed by atoms with van der Waals surface area (Å²) in [5.41, 5.74) is 1.81. The molecule has 110 valence electrons. The molecule has 0 spiro atoms. The summed E-state index contributed by atoms with van der Waals surface area (Å²) < 4.78 is 11.8. The van der Waals surface area contributed by atoms with Gasteiger partial charge in [-0.1, -0.05) is 0 Å². The third-order valence-electron chi connectivity index (χ3n) is 3.10. The molecular weight excluding hydrogens is 402 g/mol. The van der Waals surface area contributed by atoms with Gasteiger partial charge in [0.1, 0.15) is 0 Å². The van der Waals surface area contributed by atoms with E-state index in [0.717, 1.165) is 22.6 Å². The van der Waals surface area contributed by atoms with Crippen LogP contribution in [0.15, 0.2) is 58.5 Å². The van der Waals surface area contributed by atoms with Crippen LogP contribution in [0, 0.1) is 0 Å². The second-order valence-electron chi connectivity index (χ2n) is 4.66. The monoisotopic (exact) mass is 416 g/mol. The van der Waals surface area contributed by atoms with Crippen molar-refractivity contribution in [2.24, 2.45) is 9.98 Å². The first-order valence-corrected chi connectivity index (χ1v) is 13.8. The first kappa shape index (κ1) is 15.4. The molecule has 0 radical (unpaired) electrons. The fourth-order valence-corrected chi connectivity index (χ4v) is 5.84. The third kappa shape index (κ3) is 4.05. The average molecular weight is 417 g/mol. The summed E-state index contributed by atoms with van der Waals surface area (Å²) >= 11 is -3.14. The molecule has 3 rings (SSSR count). The number of benzene rings is 2. The summed E-state index contributed by atoms with van der Waals surface area (Å²) in [7, 11) is 6.39. The van der Waals surface area contributed by atoms with Crippen molar-refractivity contribution < 1.29 is 5.71 Å². The van der Waals surface area contributed by atoms with Crippen LogP contribution in [0.5, 0.6) is 11.5 Å². The molecule has 0 saturated carbocycles. The van der Waals surface area contributed by atoms with Crippen molar-refractivity contribution in [3.8, 4) is 11.5 Å². The Morgan fingerprint density at radius 1 is 0.773 bits per heavy atom. The van der Waals surface area contributed by atoms with Gasteiger partial charge in [0.15, 0.2) is 0 Å². The maximum absolute atomic E-state index is 6.39. The summed E-state index contributed by atoms with van der Waals surface area (Å²) in [5.74, 6) is 1.44. The van der Waals surface area contributed by atoms with E-state index < -0.39 is 21.1 Å². The van der Waals surface area contributed by atoms with Gasteiger partial charge in [0.2, 0.25) is 0 Å². The molecule has 2 aromatic carbocycles. The van der Waals surface area contributed by atoms with Crippen LogP contribution in [0.4, 0.5) is 0 Å². The zero-order valence-electron chi connectivity index (χ0n) is 11.9. The first-order chi connectivity index (χ1) is 10.8. The number of hydrogen-bond acceptors (Lipinski definition) is 4. The first-order valence-electron chi connectivity index (χ1n) is 6.98. The van der Waals surface area contributed by atoms with Crippen LogP contribution in [0.2, 0.25) is 0 Å². The van der Waals surface area contributed by atoms with Gasteiger partial charge in [-0.15, -0.1) is 0 Å². The van der Waals surface area contributed by atoms with Gasteiger partial charge in [-0.3, -0.25) is 0 Å². The van der Waals surface area contributed by atoms with Crippen molar-refractivity contribution in [1.29, 1.82) is 0 Å². The Morgan fingerprint density at radius 2 is 1.23 bits per heavy atom. The Labute approximate surface area is 141 Å². The minimum atomic E-state index is -3.14. The van der Waals surface area contributed by atoms with E-state index in [0.29, 0.717) is 13.1 Å². The number of fused-ring (bicyclic) bond motifs is 2. The second kappa shape index (κ2) is 7.70. The summed E-state index contributed by atoms with van der Waals surface area (Å²) in [4.78, 5) is 8.76. The molecule has 0 saturated heterocycles. The van der Waals surface area contributed by atoms with Gasteiger partial charge < -0.3 is 0 Å². The Bertz CT molecular complexity index is 647. The van der Waals surface area contributed by atoms with Crippen molar-refractivity contribution in [2.45, 2.75) is 0 Å². The maximum atomic E-state index is 6.39. The molecule has 1 aliphatic rings. The number of aliphatic imine (C=N–C) groups is 2. The Kier molecular flexibility index (Phi) is 5.40. The molecule has 0 aliphatic carbocycles. The molecule has 0 N–H and O–H groups in total. The zero-order chi connectivity index (χ0) is 15.2. The average Bonchev–Trinajstić information content (AvgIpc) is 2.54. The van der Waals surface area contributed by atoms with E-state index in [9.17, 15) is 0 Å². The molecule has 4 nitrogen and oxygen atoms in total. The summed E-state index contributed by atoms with van der Waals surface area (Å²) in [6, 6.07) is 15.4. The molecular formula is C16H14ClInN2O2. The van der Waals surface area contributed by atoms with Crippen molar-refractivity contribution in [3.63, 3.8) is 0 Å². The fraction of sp³-hybridized carbons (Fsp3) is 0.125. The van der Waals surface area contributed by atoms with E-state index in [1.165, 1.54) is 0 Å². The quantitative estimate of drug-likeness (QED) is 0.662. The molecule has 0 aromatic heterocycles. The predicted molar refractivity (Wildman–Crippen MR) is 90.7 cm³/mol. The number of para-hydroxylation sites is 2. The molecule has 0 atom stereocenters. The van der Waals surface area contributed by atoms with Gasteiger partial charge in [-0.2, -0.15) is 0 Å². The number of rotatable bonds is 0. The molecule has 0 unspecified atom stereocenters. The van der Waals surface area contributed by atoms with Gasteiger partial charge in [0, 0.05) is 0 Å². The topological polar surface area (TPSA) is 43.2 Å². The van der Waals surface area contributed by atoms with Gasteiger partial charge in [-0.05, 0) is 0 Å². The molecule has 0 bridgehead atoms. The van der Waals surface area contributed by atoms with Gasteiger partial charge in [0.25, 0.3) is 0 Å².